The Hall–Kier alpha value is -3.34. The molecule has 0 spiro atoms. The summed E-state index contributed by atoms with van der Waals surface area (Å²) in [5, 5.41) is -0.190. The molecule has 242 valence electrons. The van der Waals surface area contributed by atoms with Gasteiger partial charge in [0, 0.05) is 21.0 Å². The number of esters is 2. The molecular formula is C36H46O8Si. The van der Waals surface area contributed by atoms with Crippen LogP contribution in [0.1, 0.15) is 51.3 Å². The minimum absolute atomic E-state index is 0.0133. The fraction of sp³-hybridized carbons (Fsp3) is 0.444. The van der Waals surface area contributed by atoms with Crippen LogP contribution in [0.2, 0.25) is 18.1 Å². The van der Waals surface area contributed by atoms with Gasteiger partial charge in [0.1, 0.15) is 17.8 Å². The van der Waals surface area contributed by atoms with E-state index in [-0.39, 0.29) is 11.6 Å². The molecule has 0 amide bonds. The minimum atomic E-state index is -2.50. The third-order valence-corrected chi connectivity index (χ3v) is 13.1. The molecule has 0 radical (unpaired) electrons. The highest BCUT2D eigenvalue weighted by Gasteiger charge is 2.54. The summed E-state index contributed by atoms with van der Waals surface area (Å²) in [5.41, 5.74) is 1.70. The number of carbonyl (C=O) groups excluding carboxylic acids is 2. The highest BCUT2D eigenvalue weighted by atomic mass is 28.4. The van der Waals surface area contributed by atoms with E-state index in [4.69, 9.17) is 28.1 Å². The van der Waals surface area contributed by atoms with Crippen LogP contribution in [-0.4, -0.2) is 64.7 Å². The smallest absolute Gasteiger partial charge is 0.303 e. The molecule has 1 aliphatic rings. The second-order valence-corrected chi connectivity index (χ2v) is 17.6. The molecular weight excluding hydrogens is 588 g/mol. The van der Waals surface area contributed by atoms with E-state index in [1.165, 1.54) is 21.0 Å². The topological polar surface area (TPSA) is 89.5 Å². The number of hydrogen-bond acceptors (Lipinski definition) is 8. The quantitative estimate of drug-likeness (QED) is 0.132. The Labute approximate surface area is 268 Å². The lowest BCUT2D eigenvalue weighted by Gasteiger charge is -2.49. The lowest BCUT2D eigenvalue weighted by atomic mass is 9.80. The number of ether oxygens (including phenoxy) is 5. The van der Waals surface area contributed by atoms with E-state index >= 15 is 0 Å². The van der Waals surface area contributed by atoms with E-state index in [1.807, 2.05) is 91.0 Å². The first-order valence-electron chi connectivity index (χ1n) is 15.3. The first-order valence-corrected chi connectivity index (χ1v) is 18.2. The Bertz CT molecular complexity index is 1290. The van der Waals surface area contributed by atoms with E-state index < -0.39 is 56.6 Å². The van der Waals surface area contributed by atoms with Crippen LogP contribution < -0.4 is 0 Å². The van der Waals surface area contributed by atoms with Crippen LogP contribution >= 0.6 is 0 Å². The fourth-order valence-electron chi connectivity index (χ4n) is 5.48. The average molecular weight is 635 g/mol. The van der Waals surface area contributed by atoms with E-state index in [0.29, 0.717) is 0 Å². The minimum Gasteiger partial charge on any atom is -0.457 e. The van der Waals surface area contributed by atoms with Crippen LogP contribution in [0.4, 0.5) is 0 Å². The van der Waals surface area contributed by atoms with Gasteiger partial charge in [0.15, 0.2) is 26.8 Å². The summed E-state index contributed by atoms with van der Waals surface area (Å²) in [7, 11) is -1.02. The molecule has 1 fully saturated rings. The molecule has 3 aromatic rings. The van der Waals surface area contributed by atoms with E-state index in [1.54, 1.807) is 0 Å². The Morgan fingerprint density at radius 3 is 1.51 bits per heavy atom. The Balaban J connectivity index is 1.84. The zero-order valence-electron chi connectivity index (χ0n) is 27.5. The largest absolute Gasteiger partial charge is 0.457 e. The summed E-state index contributed by atoms with van der Waals surface area (Å²) in [6, 6.07) is 29.9. The average Bonchev–Trinajstić information content (AvgIpc) is 3.00. The molecule has 0 unspecified atom stereocenters. The fourth-order valence-corrected chi connectivity index (χ4v) is 6.78. The van der Waals surface area contributed by atoms with Gasteiger partial charge < -0.3 is 28.1 Å². The lowest BCUT2D eigenvalue weighted by Crippen LogP contribution is -2.65. The third kappa shape index (κ3) is 7.73. The summed E-state index contributed by atoms with van der Waals surface area (Å²) in [6.45, 7) is 13.2. The summed E-state index contributed by atoms with van der Waals surface area (Å²) < 4.78 is 37.9. The molecule has 5 atom stereocenters. The van der Waals surface area contributed by atoms with Crippen molar-refractivity contribution < 1.29 is 37.7 Å². The van der Waals surface area contributed by atoms with Gasteiger partial charge in [-0.3, -0.25) is 9.59 Å². The first-order chi connectivity index (χ1) is 21.3. The Kier molecular flexibility index (Phi) is 11.0. The van der Waals surface area contributed by atoms with Crippen molar-refractivity contribution in [2.24, 2.45) is 0 Å². The van der Waals surface area contributed by atoms with Gasteiger partial charge in [0.25, 0.3) is 0 Å². The van der Waals surface area contributed by atoms with Crippen molar-refractivity contribution in [3.8, 4) is 0 Å². The van der Waals surface area contributed by atoms with Crippen molar-refractivity contribution in [2.75, 3.05) is 13.7 Å². The van der Waals surface area contributed by atoms with E-state index in [0.717, 1.165) is 16.7 Å². The highest BCUT2D eigenvalue weighted by Crippen LogP contribution is 2.43. The van der Waals surface area contributed by atoms with Crippen molar-refractivity contribution in [3.05, 3.63) is 108 Å². The number of carbonyl (C=O) groups is 2. The maximum Gasteiger partial charge on any atom is 0.303 e. The maximum atomic E-state index is 12.6. The van der Waals surface area contributed by atoms with Gasteiger partial charge in [-0.15, -0.1) is 0 Å². The molecule has 3 aromatic carbocycles. The van der Waals surface area contributed by atoms with Crippen LogP contribution in [0.5, 0.6) is 0 Å². The number of hydrogen-bond donors (Lipinski definition) is 0. The standard InChI is InChI=1S/C36H46O8Si/c1-25(37)41-31-30(43-34(39-6)33(42-26(2)38)32(31)44-45(7,8)35(3,4)5)24-40-36(27-18-12-9-13-19-27,28-20-14-10-15-21-28)29-22-16-11-17-23-29/h9-23,30-34H,24H2,1-8H3/t30-,31+,32+,33-,34+/m1/s1. The monoisotopic (exact) mass is 634 g/mol. The van der Waals surface area contributed by atoms with Crippen LogP contribution in [-0.2, 0) is 43.3 Å². The van der Waals surface area contributed by atoms with Crippen molar-refractivity contribution in [1.82, 2.24) is 0 Å². The molecule has 4 rings (SSSR count). The predicted octanol–water partition coefficient (Wildman–Crippen LogP) is 6.62. The second kappa shape index (κ2) is 14.4. The number of rotatable bonds is 11. The van der Waals surface area contributed by atoms with Gasteiger partial charge in [0.05, 0.1) is 6.61 Å². The van der Waals surface area contributed by atoms with Crippen LogP contribution in [0, 0.1) is 0 Å². The van der Waals surface area contributed by atoms with Gasteiger partial charge in [-0.25, -0.2) is 0 Å². The van der Waals surface area contributed by atoms with Crippen molar-refractivity contribution >= 4 is 20.3 Å². The Morgan fingerprint density at radius 1 is 0.711 bits per heavy atom. The summed E-state index contributed by atoms with van der Waals surface area (Å²) in [6.07, 6.45) is -4.65. The molecule has 8 nitrogen and oxygen atoms in total. The molecule has 9 heteroatoms. The molecule has 0 aliphatic carbocycles. The number of methoxy groups -OCH3 is 1. The lowest BCUT2D eigenvalue weighted by molar-refractivity contribution is -0.301. The van der Waals surface area contributed by atoms with Crippen molar-refractivity contribution in [2.45, 2.75) is 89.1 Å². The molecule has 1 heterocycles. The summed E-state index contributed by atoms with van der Waals surface area (Å²) in [4.78, 5) is 24.9. The first kappa shape index (κ1) is 34.5. The summed E-state index contributed by atoms with van der Waals surface area (Å²) >= 11 is 0. The van der Waals surface area contributed by atoms with Gasteiger partial charge in [0.2, 0.25) is 0 Å². The zero-order chi connectivity index (χ0) is 32.8. The van der Waals surface area contributed by atoms with Gasteiger partial charge in [-0.2, -0.15) is 0 Å². The van der Waals surface area contributed by atoms with Gasteiger partial charge >= 0.3 is 11.9 Å². The van der Waals surface area contributed by atoms with Crippen LogP contribution in [0.15, 0.2) is 91.0 Å². The maximum absolute atomic E-state index is 12.6. The Morgan fingerprint density at radius 2 is 1.13 bits per heavy atom. The third-order valence-electron chi connectivity index (χ3n) is 8.67. The van der Waals surface area contributed by atoms with Crippen molar-refractivity contribution in [1.29, 1.82) is 0 Å². The zero-order valence-corrected chi connectivity index (χ0v) is 28.5. The van der Waals surface area contributed by atoms with Gasteiger partial charge in [-0.1, -0.05) is 112 Å². The molecule has 0 bridgehead atoms. The van der Waals surface area contributed by atoms with Crippen LogP contribution in [0.3, 0.4) is 0 Å². The normalized spacial score (nSPS) is 22.4. The number of benzene rings is 3. The van der Waals surface area contributed by atoms with Gasteiger partial charge in [-0.05, 0) is 34.8 Å². The molecule has 0 aromatic heterocycles. The second-order valence-electron chi connectivity index (χ2n) is 12.9. The van der Waals surface area contributed by atoms with E-state index in [9.17, 15) is 9.59 Å². The van der Waals surface area contributed by atoms with E-state index in [2.05, 4.69) is 33.9 Å². The molecule has 45 heavy (non-hydrogen) atoms. The highest BCUT2D eigenvalue weighted by molar-refractivity contribution is 6.74. The molecule has 1 aliphatic heterocycles. The van der Waals surface area contributed by atoms with Crippen molar-refractivity contribution in [3.63, 3.8) is 0 Å². The van der Waals surface area contributed by atoms with Crippen LogP contribution in [0.25, 0.3) is 0 Å². The predicted molar refractivity (Wildman–Crippen MR) is 174 cm³/mol. The summed E-state index contributed by atoms with van der Waals surface area (Å²) in [5.74, 6) is -1.04. The molecule has 1 saturated heterocycles. The molecule has 0 saturated carbocycles. The SMILES string of the molecule is CO[C@H]1O[C@H](COC(c2ccccc2)(c2ccccc2)c2ccccc2)[C@H](OC(C)=O)[C@H](O[Si](C)(C)C(C)(C)C)[C@H]1OC(C)=O. The molecule has 0 N–H and O–H groups in total.